The maximum absolute atomic E-state index is 14.0. The van der Waals surface area contributed by atoms with Crippen molar-refractivity contribution in [3.8, 4) is 12.3 Å². The number of aryl methyl sites for hydroxylation is 1. The van der Waals surface area contributed by atoms with E-state index in [4.69, 9.17) is 25.6 Å². The third kappa shape index (κ3) is 20.3. The number of carbonyl (C=O) groups is 3. The molecule has 3 amide bonds. The normalized spacial score (nSPS) is 28.1. The van der Waals surface area contributed by atoms with Crippen molar-refractivity contribution in [1.29, 1.82) is 0 Å². The average molecular weight is 1570 g/mol. The first-order chi connectivity index (χ1) is 54.2. The second-order valence-corrected chi connectivity index (χ2v) is 37.2. The Bertz CT molecular complexity index is 4160. The zero-order valence-corrected chi connectivity index (χ0v) is 71.8. The van der Waals surface area contributed by atoms with E-state index in [0.29, 0.717) is 112 Å². The van der Waals surface area contributed by atoms with Crippen LogP contribution in [0.3, 0.4) is 0 Å². The molecule has 0 saturated carbocycles. The van der Waals surface area contributed by atoms with Gasteiger partial charge in [0.15, 0.2) is 0 Å². The summed E-state index contributed by atoms with van der Waals surface area (Å²) in [6.45, 7) is 55.1. The molecule has 11 heterocycles. The Morgan fingerprint density at radius 3 is 1.41 bits per heavy atom. The van der Waals surface area contributed by atoms with Crippen LogP contribution in [-0.4, -0.2) is 273 Å². The summed E-state index contributed by atoms with van der Waals surface area (Å²) in [5.74, 6) is 3.18. The summed E-state index contributed by atoms with van der Waals surface area (Å²) in [6.07, 6.45) is 11.3. The highest BCUT2D eigenvalue weighted by Gasteiger charge is 2.46. The number of carbonyl (C=O) groups excluding carboxylic acids is 3. The predicted molar refractivity (Wildman–Crippen MR) is 451 cm³/mol. The van der Waals surface area contributed by atoms with E-state index in [9.17, 15) is 23.2 Å². The summed E-state index contributed by atoms with van der Waals surface area (Å²) in [6, 6.07) is 23.8. The van der Waals surface area contributed by atoms with Crippen molar-refractivity contribution in [3.05, 3.63) is 141 Å². The van der Waals surface area contributed by atoms with Crippen molar-refractivity contribution in [1.82, 2.24) is 60.5 Å². The highest BCUT2D eigenvalue weighted by molar-refractivity contribution is 5.99. The van der Waals surface area contributed by atoms with Gasteiger partial charge >= 0.3 is 0 Å². The molecule has 3 N–H and O–H groups in total. The number of piperazine rings is 3. The van der Waals surface area contributed by atoms with Gasteiger partial charge in [-0.2, -0.15) is 10.2 Å². The third-order valence-electron chi connectivity index (χ3n) is 25.9. The highest BCUT2D eigenvalue weighted by Crippen LogP contribution is 2.45. The number of aromatic nitrogens is 3. The van der Waals surface area contributed by atoms with E-state index in [1.54, 1.807) is 24.3 Å². The molecule has 622 valence electrons. The van der Waals surface area contributed by atoms with Gasteiger partial charge in [0.2, 0.25) is 17.7 Å². The smallest absolute Gasteiger partial charge is 0.241 e. The van der Waals surface area contributed by atoms with Gasteiger partial charge in [-0.25, -0.2) is 8.78 Å². The Balaban J connectivity index is 0.000000159. The van der Waals surface area contributed by atoms with Crippen LogP contribution >= 0.6 is 0 Å². The Morgan fingerprint density at radius 2 is 0.965 bits per heavy atom. The van der Waals surface area contributed by atoms with Gasteiger partial charge in [0.05, 0.1) is 82.0 Å². The van der Waals surface area contributed by atoms with Gasteiger partial charge in [-0.1, -0.05) is 85.9 Å². The molecule has 0 spiro atoms. The summed E-state index contributed by atoms with van der Waals surface area (Å²) >= 11 is 0. The molecule has 14 rings (SSSR count). The molecule has 9 aliphatic rings. The van der Waals surface area contributed by atoms with Crippen LogP contribution in [0.5, 0.6) is 0 Å². The minimum atomic E-state index is -0.281. The van der Waals surface area contributed by atoms with Crippen molar-refractivity contribution < 1.29 is 37.4 Å². The molecule has 2 aromatic heterocycles. The molecule has 0 radical (unpaired) electrons. The van der Waals surface area contributed by atoms with E-state index < -0.39 is 0 Å². The number of halogens is 2. The van der Waals surface area contributed by atoms with Gasteiger partial charge in [0.25, 0.3) is 0 Å². The SMILES string of the molecule is C#Cc1cc2c(cc1Cc1ccc(F)cc1)N(C(=O)CN1C[C@@H](C)NC[C@@H]1CN1[C@H](C)COC[C@H]1C)CC2(C)C.CCCC(C)c1cc2c(cn1)C(C)(C)CN2C(=O)CN1C[C@@H](C)NC[C@@H]1CN1[C@H](C)COC[C@H]1C.Cc1cc(F)ccc1Cc1cc2c(nn1)C(C)(C)CN2C(=O)CN1C[C@@H](C)NC[C@@H]1CN1[C@H](C)COC[C@H]1C. The zero-order valence-electron chi connectivity index (χ0n) is 71.8. The number of rotatable bonds is 19. The van der Waals surface area contributed by atoms with E-state index in [1.165, 1.54) is 23.8 Å². The molecule has 6 fully saturated rings. The summed E-state index contributed by atoms with van der Waals surface area (Å²) in [7, 11) is 0. The molecule has 5 aromatic rings. The summed E-state index contributed by atoms with van der Waals surface area (Å²) in [4.78, 5) is 67.3. The Hall–Kier alpha value is -6.76. The number of hydrogen-bond acceptors (Lipinski definition) is 18. The first-order valence-corrected chi connectivity index (χ1v) is 42.5. The fourth-order valence-corrected chi connectivity index (χ4v) is 19.1. The Kier molecular flexibility index (Phi) is 28.1. The fraction of sp³-hybridized carbons (Fsp3) is 0.648. The van der Waals surface area contributed by atoms with E-state index in [0.717, 1.165) is 185 Å². The van der Waals surface area contributed by atoms with Crippen molar-refractivity contribution in [2.45, 2.75) is 245 Å². The lowest BCUT2D eigenvalue weighted by Gasteiger charge is -2.46. The molecule has 9 aliphatic heterocycles. The number of morpholine rings is 3. The van der Waals surface area contributed by atoms with E-state index in [1.807, 2.05) is 33.9 Å². The van der Waals surface area contributed by atoms with Crippen molar-refractivity contribution in [2.24, 2.45) is 0 Å². The second-order valence-electron chi connectivity index (χ2n) is 37.2. The van der Waals surface area contributed by atoms with Gasteiger partial charge in [-0.3, -0.25) is 48.8 Å². The maximum atomic E-state index is 14.0. The zero-order chi connectivity index (χ0) is 81.8. The lowest BCUT2D eigenvalue weighted by Crippen LogP contribution is -2.63. The second kappa shape index (κ2) is 37.0. The van der Waals surface area contributed by atoms with E-state index >= 15 is 0 Å². The molecule has 21 nitrogen and oxygen atoms in total. The monoisotopic (exact) mass is 1570 g/mol. The third-order valence-corrected chi connectivity index (χ3v) is 25.9. The summed E-state index contributed by atoms with van der Waals surface area (Å²) in [5.41, 5.74) is 12.0. The van der Waals surface area contributed by atoms with Gasteiger partial charge in [-0.15, -0.1) is 6.42 Å². The number of nitrogens with zero attached hydrogens (tertiary/aromatic N) is 12. The number of pyridine rings is 1. The molecule has 23 heteroatoms. The van der Waals surface area contributed by atoms with Gasteiger partial charge in [0.1, 0.15) is 11.6 Å². The minimum Gasteiger partial charge on any atom is -0.378 e. The molecule has 0 bridgehead atoms. The number of amides is 3. The molecular weight excluding hydrogens is 1440 g/mol. The quantitative estimate of drug-likeness (QED) is 0.0664. The van der Waals surface area contributed by atoms with Crippen LogP contribution < -0.4 is 30.7 Å². The van der Waals surface area contributed by atoms with E-state index in [2.05, 4.69) is 197 Å². The topological polar surface area (TPSA) is 183 Å². The first-order valence-electron chi connectivity index (χ1n) is 42.5. The first kappa shape index (κ1) is 86.6. The van der Waals surface area contributed by atoms with Gasteiger partial charge in [-0.05, 0) is 164 Å². The predicted octanol–water partition coefficient (Wildman–Crippen LogP) is 10.1. The largest absolute Gasteiger partial charge is 0.378 e. The van der Waals surface area contributed by atoms with Gasteiger partial charge < -0.3 is 44.9 Å². The van der Waals surface area contributed by atoms with Crippen LogP contribution in [0, 0.1) is 30.9 Å². The average Bonchev–Trinajstić information content (AvgIpc) is 1.61. The molecule has 13 atom stereocenters. The number of hydrogen-bond donors (Lipinski definition) is 3. The lowest BCUT2D eigenvalue weighted by molar-refractivity contribution is -0.122. The van der Waals surface area contributed by atoms with Crippen LogP contribution in [0.2, 0.25) is 0 Å². The molecule has 0 aliphatic carbocycles. The summed E-state index contributed by atoms with van der Waals surface area (Å²) < 4.78 is 44.4. The van der Waals surface area contributed by atoms with Crippen LogP contribution in [0.15, 0.2) is 72.9 Å². The lowest BCUT2D eigenvalue weighted by atomic mass is 9.84. The van der Waals surface area contributed by atoms with Crippen molar-refractivity contribution in [3.63, 3.8) is 0 Å². The van der Waals surface area contributed by atoms with Crippen LogP contribution in [0.4, 0.5) is 25.8 Å². The van der Waals surface area contributed by atoms with Gasteiger partial charge in [0, 0.05) is 202 Å². The maximum Gasteiger partial charge on any atom is 0.241 e. The van der Waals surface area contributed by atoms with Crippen LogP contribution in [0.1, 0.15) is 192 Å². The van der Waals surface area contributed by atoms with Crippen LogP contribution in [-0.2, 0) is 57.7 Å². The highest BCUT2D eigenvalue weighted by atomic mass is 19.1. The number of fused-ring (bicyclic) bond motifs is 3. The number of benzene rings is 3. The minimum absolute atomic E-state index is 0.0840. The molecule has 1 unspecified atom stereocenters. The van der Waals surface area contributed by atoms with Crippen molar-refractivity contribution >= 4 is 34.8 Å². The molecule has 6 saturated heterocycles. The molecule has 3 aromatic carbocycles. The Morgan fingerprint density at radius 1 is 0.535 bits per heavy atom. The fourth-order valence-electron chi connectivity index (χ4n) is 19.1. The Labute approximate surface area is 679 Å². The standard InChI is InChI=1S/C33H43FN4O2.C30H43FN6O2.C28H47N5O2/c1-7-26-13-30-31(14-27(26)12-25-8-10-28(34)11-9-25)38(21-33(30,5)6)32(39)18-36-16-22(2)35-15-29(36)17-37-23(3)19-40-20-24(37)4;1-19-9-24(31)8-7-23(19)10-25-11-27-29(34-33-25)30(5,6)18-37(27)28(38)15-35-13-20(2)32-12-26(35)14-36-21(3)16-39-17-22(36)4;1-8-9-19(2)25-10-26-24(12-30-25)28(6,7)18-33(26)27(34)15-31-13-20(3)29-11-23(31)14-32-21(4)16-35-17-22(32)5/h1,8-11,13-14,22-24,29,35H,12,15-21H2,2-6H3;7-9,11,20-22,26,32H,10,12-18H2,1-6H3;10,12,19-23,29H,8-9,11,13-18H2,1-7H3/t22-,23-,24-,29-;20-,21-,22-,26-;19?,20-,21-,22-,23-/m111/s1. The summed E-state index contributed by atoms with van der Waals surface area (Å²) in [5, 5.41) is 20.0. The number of anilines is 3. The molecule has 114 heavy (non-hydrogen) atoms. The van der Waals surface area contributed by atoms with Crippen LogP contribution in [0.25, 0.3) is 0 Å². The number of ether oxygens (including phenoxy) is 3. The van der Waals surface area contributed by atoms with Crippen molar-refractivity contribution in [2.75, 3.05) is 153 Å². The number of terminal acetylenes is 1. The molecular formula is C91H133F2N15O6. The number of nitrogens with one attached hydrogen (secondary N) is 3. The van der Waals surface area contributed by atoms with E-state index in [-0.39, 0.29) is 57.7 Å².